The SMILES string of the molecule is CN1CCN(C2CCC(n3cc(-c4ccc(CN)cc4)c4c(N)ncnc43)CC2)CC1. The summed E-state index contributed by atoms with van der Waals surface area (Å²) in [7, 11) is 2.22. The zero-order valence-corrected chi connectivity index (χ0v) is 18.4. The molecule has 0 bridgehead atoms. The number of anilines is 1. The molecule has 1 aliphatic heterocycles. The second kappa shape index (κ2) is 8.57. The molecular formula is C24H33N7. The molecule has 7 nitrogen and oxygen atoms in total. The van der Waals surface area contributed by atoms with Gasteiger partial charge in [0, 0.05) is 56.6 Å². The van der Waals surface area contributed by atoms with Crippen LogP contribution in [0, 0.1) is 0 Å². The first kappa shape index (κ1) is 20.4. The molecule has 164 valence electrons. The lowest BCUT2D eigenvalue weighted by atomic mass is 9.89. The molecule has 2 aliphatic rings. The van der Waals surface area contributed by atoms with Crippen LogP contribution in [0.4, 0.5) is 5.82 Å². The van der Waals surface area contributed by atoms with Crippen LogP contribution in [-0.4, -0.2) is 63.6 Å². The second-order valence-electron chi connectivity index (χ2n) is 9.11. The monoisotopic (exact) mass is 419 g/mol. The van der Waals surface area contributed by atoms with E-state index in [0.29, 0.717) is 18.4 Å². The Hall–Kier alpha value is -2.48. The first-order chi connectivity index (χ1) is 15.1. The minimum absolute atomic E-state index is 0.456. The Morgan fingerprint density at radius 1 is 0.935 bits per heavy atom. The van der Waals surface area contributed by atoms with Crippen LogP contribution < -0.4 is 11.5 Å². The van der Waals surface area contributed by atoms with Crippen molar-refractivity contribution >= 4 is 16.9 Å². The van der Waals surface area contributed by atoms with Crippen LogP contribution in [0.15, 0.2) is 36.8 Å². The molecular weight excluding hydrogens is 386 g/mol. The number of nitrogens with two attached hydrogens (primary N) is 2. The molecule has 4 N–H and O–H groups in total. The number of nitrogen functional groups attached to an aromatic ring is 1. The van der Waals surface area contributed by atoms with Gasteiger partial charge in [0.1, 0.15) is 17.8 Å². The molecule has 1 saturated heterocycles. The molecule has 0 atom stereocenters. The molecule has 1 aromatic carbocycles. The Balaban J connectivity index is 1.41. The summed E-state index contributed by atoms with van der Waals surface area (Å²) in [5.74, 6) is 0.549. The molecule has 31 heavy (non-hydrogen) atoms. The van der Waals surface area contributed by atoms with Gasteiger partial charge in [-0.1, -0.05) is 24.3 Å². The number of hydrogen-bond acceptors (Lipinski definition) is 6. The Morgan fingerprint density at radius 3 is 2.29 bits per heavy atom. The van der Waals surface area contributed by atoms with Gasteiger partial charge in [0.2, 0.25) is 0 Å². The van der Waals surface area contributed by atoms with Gasteiger partial charge >= 0.3 is 0 Å². The van der Waals surface area contributed by atoms with Crippen molar-refractivity contribution in [1.29, 1.82) is 0 Å². The maximum Gasteiger partial charge on any atom is 0.146 e. The number of benzene rings is 1. The number of likely N-dealkylation sites (N-methyl/N-ethyl adjacent to an activating group) is 1. The van der Waals surface area contributed by atoms with Crippen molar-refractivity contribution in [2.75, 3.05) is 39.0 Å². The molecule has 3 aromatic rings. The van der Waals surface area contributed by atoms with Crippen LogP contribution in [-0.2, 0) is 6.54 Å². The van der Waals surface area contributed by atoms with Crippen LogP contribution in [0.2, 0.25) is 0 Å². The number of nitrogens with zero attached hydrogens (tertiary/aromatic N) is 5. The average Bonchev–Trinajstić information content (AvgIpc) is 3.21. The lowest BCUT2D eigenvalue weighted by molar-refractivity contribution is 0.0828. The largest absolute Gasteiger partial charge is 0.383 e. The topological polar surface area (TPSA) is 89.2 Å². The van der Waals surface area contributed by atoms with Crippen molar-refractivity contribution in [3.63, 3.8) is 0 Å². The molecule has 1 saturated carbocycles. The normalized spacial score (nSPS) is 23.4. The quantitative estimate of drug-likeness (QED) is 0.676. The molecule has 0 amide bonds. The van der Waals surface area contributed by atoms with Crippen molar-refractivity contribution in [3.05, 3.63) is 42.4 Å². The fraction of sp³-hybridized carbons (Fsp3) is 0.500. The molecule has 0 unspecified atom stereocenters. The van der Waals surface area contributed by atoms with Crippen LogP contribution in [0.25, 0.3) is 22.2 Å². The van der Waals surface area contributed by atoms with E-state index in [-0.39, 0.29) is 0 Å². The van der Waals surface area contributed by atoms with Crippen molar-refractivity contribution < 1.29 is 0 Å². The highest BCUT2D eigenvalue weighted by Crippen LogP contribution is 2.39. The van der Waals surface area contributed by atoms with Crippen molar-refractivity contribution in [3.8, 4) is 11.1 Å². The third-order valence-corrected chi connectivity index (χ3v) is 7.25. The molecule has 5 rings (SSSR count). The van der Waals surface area contributed by atoms with E-state index in [2.05, 4.69) is 61.8 Å². The first-order valence-corrected chi connectivity index (χ1v) is 11.5. The van der Waals surface area contributed by atoms with Gasteiger partial charge in [0.25, 0.3) is 0 Å². The number of piperazine rings is 1. The Kier molecular flexibility index (Phi) is 5.65. The summed E-state index contributed by atoms with van der Waals surface area (Å²) in [5.41, 5.74) is 16.4. The fourth-order valence-electron chi connectivity index (χ4n) is 5.31. The van der Waals surface area contributed by atoms with Gasteiger partial charge in [-0.15, -0.1) is 0 Å². The van der Waals surface area contributed by atoms with E-state index in [9.17, 15) is 0 Å². The highest BCUT2D eigenvalue weighted by Gasteiger charge is 2.29. The number of fused-ring (bicyclic) bond motifs is 1. The van der Waals surface area contributed by atoms with Gasteiger partial charge in [0.15, 0.2) is 0 Å². The van der Waals surface area contributed by atoms with Gasteiger partial charge in [-0.2, -0.15) is 0 Å². The zero-order valence-electron chi connectivity index (χ0n) is 18.4. The Bertz CT molecular complexity index is 1030. The van der Waals surface area contributed by atoms with Crippen LogP contribution in [0.5, 0.6) is 0 Å². The van der Waals surface area contributed by atoms with Gasteiger partial charge in [-0.3, -0.25) is 4.90 Å². The number of hydrogen-bond donors (Lipinski definition) is 2. The predicted molar refractivity (Wildman–Crippen MR) is 126 cm³/mol. The summed E-state index contributed by atoms with van der Waals surface area (Å²) in [6.45, 7) is 5.31. The minimum Gasteiger partial charge on any atom is -0.383 e. The highest BCUT2D eigenvalue weighted by atomic mass is 15.3. The summed E-state index contributed by atoms with van der Waals surface area (Å²) in [4.78, 5) is 14.1. The van der Waals surface area contributed by atoms with E-state index in [4.69, 9.17) is 11.5 Å². The van der Waals surface area contributed by atoms with Crippen LogP contribution >= 0.6 is 0 Å². The molecule has 2 aromatic heterocycles. The molecule has 7 heteroatoms. The lowest BCUT2D eigenvalue weighted by Crippen LogP contribution is -2.49. The molecule has 0 radical (unpaired) electrons. The van der Waals surface area contributed by atoms with Gasteiger partial charge in [0.05, 0.1) is 5.39 Å². The summed E-state index contributed by atoms with van der Waals surface area (Å²) < 4.78 is 2.36. The smallest absolute Gasteiger partial charge is 0.146 e. The van der Waals surface area contributed by atoms with E-state index >= 15 is 0 Å². The first-order valence-electron chi connectivity index (χ1n) is 11.5. The Labute approximate surface area is 184 Å². The molecule has 1 aliphatic carbocycles. The van der Waals surface area contributed by atoms with E-state index < -0.39 is 0 Å². The van der Waals surface area contributed by atoms with E-state index in [1.807, 2.05) is 0 Å². The lowest BCUT2D eigenvalue weighted by Gasteiger charge is -2.41. The fourth-order valence-corrected chi connectivity index (χ4v) is 5.31. The summed E-state index contributed by atoms with van der Waals surface area (Å²) >= 11 is 0. The second-order valence-corrected chi connectivity index (χ2v) is 9.11. The maximum absolute atomic E-state index is 6.33. The van der Waals surface area contributed by atoms with Gasteiger partial charge in [-0.25, -0.2) is 9.97 Å². The molecule has 3 heterocycles. The standard InChI is InChI=1S/C24H33N7/c1-29-10-12-30(13-11-29)19-6-8-20(9-7-19)31-15-21(18-4-2-17(14-25)3-5-18)22-23(26)27-16-28-24(22)31/h2-5,15-16,19-20H,6-14,25H2,1H3,(H2,26,27,28). The molecule has 2 fully saturated rings. The summed E-state index contributed by atoms with van der Waals surface area (Å²) in [6.07, 6.45) is 8.68. The van der Waals surface area contributed by atoms with Crippen molar-refractivity contribution in [2.45, 2.75) is 44.3 Å². The third-order valence-electron chi connectivity index (χ3n) is 7.25. The van der Waals surface area contributed by atoms with E-state index in [0.717, 1.165) is 33.8 Å². The average molecular weight is 420 g/mol. The third kappa shape index (κ3) is 3.93. The summed E-state index contributed by atoms with van der Waals surface area (Å²) in [6, 6.07) is 9.59. The maximum atomic E-state index is 6.33. The van der Waals surface area contributed by atoms with Gasteiger partial charge in [-0.05, 0) is 43.9 Å². The van der Waals surface area contributed by atoms with Crippen LogP contribution in [0.1, 0.15) is 37.3 Å². The minimum atomic E-state index is 0.456. The number of rotatable bonds is 4. The number of aromatic nitrogens is 3. The van der Waals surface area contributed by atoms with Crippen molar-refractivity contribution in [2.24, 2.45) is 5.73 Å². The Morgan fingerprint density at radius 2 is 1.61 bits per heavy atom. The predicted octanol–water partition coefficient (Wildman–Crippen LogP) is 2.87. The highest BCUT2D eigenvalue weighted by molar-refractivity contribution is 6.00. The van der Waals surface area contributed by atoms with E-state index in [1.54, 1.807) is 6.33 Å². The van der Waals surface area contributed by atoms with E-state index in [1.165, 1.54) is 51.9 Å². The molecule has 0 spiro atoms. The van der Waals surface area contributed by atoms with Crippen molar-refractivity contribution in [1.82, 2.24) is 24.3 Å². The van der Waals surface area contributed by atoms with Gasteiger partial charge < -0.3 is 20.9 Å². The zero-order chi connectivity index (χ0) is 21.4. The van der Waals surface area contributed by atoms with Crippen LogP contribution in [0.3, 0.4) is 0 Å². The summed E-state index contributed by atoms with van der Waals surface area (Å²) in [5, 5.41) is 0.962.